The Kier molecular flexibility index (Phi) is 4.97. The Hall–Kier alpha value is -2.81. The van der Waals surface area contributed by atoms with Gasteiger partial charge in [-0.1, -0.05) is 53.7 Å². The topological polar surface area (TPSA) is 53.1 Å². The van der Waals surface area contributed by atoms with E-state index in [0.717, 1.165) is 28.2 Å². The maximum absolute atomic E-state index is 10.8. The van der Waals surface area contributed by atoms with Crippen molar-refractivity contribution < 1.29 is 9.90 Å². The molecule has 0 fully saturated rings. The highest BCUT2D eigenvalue weighted by molar-refractivity contribution is 5.90. The normalized spacial score (nSPS) is 12.8. The molecule has 0 aliphatic heterocycles. The molecule has 0 bridgehead atoms. The molecular formula is C25H29NO2. The maximum Gasteiger partial charge on any atom is 0.328 e. The Bertz CT molecular complexity index is 1020. The number of aromatic nitrogens is 1. The monoisotopic (exact) mass is 375 g/mol. The first kappa shape index (κ1) is 19.9. The van der Waals surface area contributed by atoms with Gasteiger partial charge in [0.25, 0.3) is 0 Å². The summed E-state index contributed by atoms with van der Waals surface area (Å²) in [5.41, 5.74) is 6.94. The fourth-order valence-corrected chi connectivity index (χ4v) is 3.23. The summed E-state index contributed by atoms with van der Waals surface area (Å²) in [4.78, 5) is 14.3. The molecule has 0 aliphatic rings. The van der Waals surface area contributed by atoms with Gasteiger partial charge in [-0.15, -0.1) is 0 Å². The third kappa shape index (κ3) is 4.36. The summed E-state index contributed by atoms with van der Waals surface area (Å²) < 4.78 is 0. The molecule has 3 rings (SSSR count). The average molecular weight is 376 g/mol. The zero-order chi connectivity index (χ0) is 20.7. The van der Waals surface area contributed by atoms with Crippen molar-refractivity contribution in [2.45, 2.75) is 52.4 Å². The second kappa shape index (κ2) is 6.97. The summed E-state index contributed by atoms with van der Waals surface area (Å²) in [5.74, 6) is -0.941. The van der Waals surface area contributed by atoms with Crippen LogP contribution in [0.4, 0.5) is 0 Å². The highest BCUT2D eigenvalue weighted by atomic mass is 16.4. The Morgan fingerprint density at radius 3 is 2.04 bits per heavy atom. The van der Waals surface area contributed by atoms with Gasteiger partial charge in [-0.3, -0.25) is 0 Å². The number of hydrogen-bond acceptors (Lipinski definition) is 1. The lowest BCUT2D eigenvalue weighted by Crippen LogP contribution is -2.16. The van der Waals surface area contributed by atoms with Gasteiger partial charge in [0.15, 0.2) is 0 Å². The van der Waals surface area contributed by atoms with E-state index in [-0.39, 0.29) is 10.8 Å². The van der Waals surface area contributed by atoms with Crippen molar-refractivity contribution in [3.63, 3.8) is 0 Å². The summed E-state index contributed by atoms with van der Waals surface area (Å²) in [6, 6.07) is 14.9. The zero-order valence-electron chi connectivity index (χ0n) is 17.6. The standard InChI is InChI=1S/C25H29NO2/c1-24(2,3)19-12-18(13-20(15-19)25(4,5)6)22-14-17-11-16(8-10-23(27)28)7-9-21(17)26-22/h7-15,26H,1-6H3,(H,27,28)/b10-8+. The molecule has 0 spiro atoms. The molecule has 2 N–H and O–H groups in total. The van der Waals surface area contributed by atoms with Crippen LogP contribution < -0.4 is 0 Å². The number of aliphatic carboxylic acids is 1. The first-order valence-electron chi connectivity index (χ1n) is 9.64. The number of fused-ring (bicyclic) bond motifs is 1. The van der Waals surface area contributed by atoms with Crippen molar-refractivity contribution in [1.82, 2.24) is 4.98 Å². The number of hydrogen-bond donors (Lipinski definition) is 2. The molecule has 0 saturated carbocycles. The Morgan fingerprint density at radius 2 is 1.50 bits per heavy atom. The number of carboxylic acid groups (broad SMARTS) is 1. The van der Waals surface area contributed by atoms with Crippen LogP contribution in [0.15, 0.2) is 48.5 Å². The van der Waals surface area contributed by atoms with Gasteiger partial charge in [0.05, 0.1) is 0 Å². The molecule has 1 aromatic heterocycles. The molecule has 28 heavy (non-hydrogen) atoms. The molecule has 0 saturated heterocycles. The quantitative estimate of drug-likeness (QED) is 0.511. The van der Waals surface area contributed by atoms with E-state index in [4.69, 9.17) is 5.11 Å². The number of carbonyl (C=O) groups is 1. The predicted molar refractivity (Wildman–Crippen MR) is 118 cm³/mol. The molecule has 0 unspecified atom stereocenters. The highest BCUT2D eigenvalue weighted by Gasteiger charge is 2.21. The molecule has 0 atom stereocenters. The molecule has 1 heterocycles. The fourth-order valence-electron chi connectivity index (χ4n) is 3.23. The molecule has 0 radical (unpaired) electrons. The molecule has 0 aliphatic carbocycles. The number of aromatic amines is 1. The van der Waals surface area contributed by atoms with Crippen LogP contribution in [0.25, 0.3) is 28.2 Å². The molecular weight excluding hydrogens is 346 g/mol. The fraction of sp³-hybridized carbons (Fsp3) is 0.320. The Labute approximate surface area is 167 Å². The van der Waals surface area contributed by atoms with Crippen LogP contribution >= 0.6 is 0 Å². The van der Waals surface area contributed by atoms with E-state index in [1.165, 1.54) is 16.7 Å². The van der Waals surface area contributed by atoms with E-state index in [1.54, 1.807) is 6.08 Å². The minimum Gasteiger partial charge on any atom is -0.478 e. The van der Waals surface area contributed by atoms with Gasteiger partial charge in [0.2, 0.25) is 0 Å². The second-order valence-electron chi connectivity index (χ2n) is 9.50. The van der Waals surface area contributed by atoms with Gasteiger partial charge >= 0.3 is 5.97 Å². The van der Waals surface area contributed by atoms with Gasteiger partial charge in [-0.05, 0) is 69.5 Å². The van der Waals surface area contributed by atoms with Crippen molar-refractivity contribution >= 4 is 22.9 Å². The summed E-state index contributed by atoms with van der Waals surface area (Å²) in [6.07, 6.45) is 2.78. The number of H-pyrrole nitrogens is 1. The van der Waals surface area contributed by atoms with Gasteiger partial charge in [-0.2, -0.15) is 0 Å². The molecule has 146 valence electrons. The van der Waals surface area contributed by atoms with Crippen LogP contribution in [0.5, 0.6) is 0 Å². The van der Waals surface area contributed by atoms with Gasteiger partial charge in [0.1, 0.15) is 0 Å². The average Bonchev–Trinajstić information content (AvgIpc) is 3.01. The lowest BCUT2D eigenvalue weighted by Gasteiger charge is -2.26. The Morgan fingerprint density at radius 1 is 0.893 bits per heavy atom. The third-order valence-corrected chi connectivity index (χ3v) is 5.04. The molecule has 3 nitrogen and oxygen atoms in total. The number of rotatable bonds is 3. The van der Waals surface area contributed by atoms with E-state index in [1.807, 2.05) is 18.2 Å². The van der Waals surface area contributed by atoms with Crippen LogP contribution in [0, 0.1) is 0 Å². The Balaban J connectivity index is 2.12. The zero-order valence-corrected chi connectivity index (χ0v) is 17.6. The van der Waals surface area contributed by atoms with E-state index in [0.29, 0.717) is 0 Å². The molecule has 3 aromatic rings. The van der Waals surface area contributed by atoms with Crippen LogP contribution in [0.2, 0.25) is 0 Å². The molecule has 0 amide bonds. The lowest BCUT2D eigenvalue weighted by atomic mass is 9.79. The largest absolute Gasteiger partial charge is 0.478 e. The number of carboxylic acids is 1. The predicted octanol–water partition coefficient (Wildman–Crippen LogP) is 6.53. The smallest absolute Gasteiger partial charge is 0.328 e. The summed E-state index contributed by atoms with van der Waals surface area (Å²) in [6.45, 7) is 13.4. The molecule has 3 heteroatoms. The van der Waals surface area contributed by atoms with E-state index in [2.05, 4.69) is 70.8 Å². The second-order valence-corrected chi connectivity index (χ2v) is 9.50. The van der Waals surface area contributed by atoms with Crippen LogP contribution in [0.1, 0.15) is 58.2 Å². The van der Waals surface area contributed by atoms with Crippen LogP contribution in [0.3, 0.4) is 0 Å². The van der Waals surface area contributed by atoms with Crippen molar-refractivity contribution in [2.24, 2.45) is 0 Å². The SMILES string of the molecule is CC(C)(C)c1cc(-c2cc3cc(/C=C/C(=O)O)ccc3[nH]2)cc(C(C)(C)C)c1. The van der Waals surface area contributed by atoms with Crippen LogP contribution in [-0.4, -0.2) is 16.1 Å². The van der Waals surface area contributed by atoms with Gasteiger partial charge < -0.3 is 10.1 Å². The van der Waals surface area contributed by atoms with Crippen molar-refractivity contribution in [3.05, 3.63) is 65.2 Å². The van der Waals surface area contributed by atoms with Gasteiger partial charge in [0, 0.05) is 22.7 Å². The summed E-state index contributed by atoms with van der Waals surface area (Å²) in [7, 11) is 0. The van der Waals surface area contributed by atoms with E-state index in [9.17, 15) is 4.79 Å². The summed E-state index contributed by atoms with van der Waals surface area (Å²) >= 11 is 0. The maximum atomic E-state index is 10.8. The van der Waals surface area contributed by atoms with Crippen molar-refractivity contribution in [2.75, 3.05) is 0 Å². The van der Waals surface area contributed by atoms with E-state index >= 15 is 0 Å². The summed E-state index contributed by atoms with van der Waals surface area (Å²) in [5, 5.41) is 9.90. The first-order chi connectivity index (χ1) is 12.9. The minimum atomic E-state index is -0.941. The van der Waals surface area contributed by atoms with Gasteiger partial charge in [-0.25, -0.2) is 4.79 Å². The minimum absolute atomic E-state index is 0.0663. The van der Waals surface area contributed by atoms with Crippen molar-refractivity contribution in [3.8, 4) is 11.3 Å². The lowest BCUT2D eigenvalue weighted by molar-refractivity contribution is -0.131. The van der Waals surface area contributed by atoms with Crippen LogP contribution in [-0.2, 0) is 15.6 Å². The number of benzene rings is 2. The van der Waals surface area contributed by atoms with Crippen molar-refractivity contribution in [1.29, 1.82) is 0 Å². The molecule has 2 aromatic carbocycles. The highest BCUT2D eigenvalue weighted by Crippen LogP contribution is 2.34. The number of nitrogens with one attached hydrogen (secondary N) is 1. The third-order valence-electron chi connectivity index (χ3n) is 5.04. The first-order valence-corrected chi connectivity index (χ1v) is 9.64. The van der Waals surface area contributed by atoms with E-state index < -0.39 is 5.97 Å².